The number of carbonyl (C=O) groups is 1. The highest BCUT2D eigenvalue weighted by Gasteiger charge is 2.16. The first-order chi connectivity index (χ1) is 7.88. The molecule has 0 N–H and O–H groups in total. The first kappa shape index (κ1) is 16.2. The predicted molar refractivity (Wildman–Crippen MR) is 71.7 cm³/mol. The van der Waals surface area contributed by atoms with E-state index in [2.05, 4.69) is 28.1 Å². The maximum absolute atomic E-state index is 11.0. The van der Waals surface area contributed by atoms with Crippen LogP contribution in [0.15, 0.2) is 12.2 Å². The van der Waals surface area contributed by atoms with Crippen molar-refractivity contribution in [2.75, 3.05) is 27.7 Å². The summed E-state index contributed by atoms with van der Waals surface area (Å²) in [6.45, 7) is 4.64. The van der Waals surface area contributed by atoms with Gasteiger partial charge in [-0.05, 0) is 39.5 Å². The third-order valence-electron chi connectivity index (χ3n) is 3.14. The summed E-state index contributed by atoms with van der Waals surface area (Å²) in [5, 5.41) is 0. The van der Waals surface area contributed by atoms with Crippen molar-refractivity contribution in [2.45, 2.75) is 45.6 Å². The Kier molecular flexibility index (Phi) is 7.88. The summed E-state index contributed by atoms with van der Waals surface area (Å²) in [7, 11) is 6.68. The lowest BCUT2D eigenvalue weighted by Crippen LogP contribution is -2.43. The van der Waals surface area contributed by atoms with E-state index in [9.17, 15) is 4.79 Å². The lowest BCUT2D eigenvalue weighted by atomic mass is 10.1. The largest absolute Gasteiger partial charge is 0.463 e. The van der Waals surface area contributed by atoms with Crippen molar-refractivity contribution >= 4 is 5.97 Å². The molecule has 3 heteroatoms. The van der Waals surface area contributed by atoms with Crippen molar-refractivity contribution in [1.29, 1.82) is 0 Å². The van der Waals surface area contributed by atoms with Crippen LogP contribution in [0.3, 0.4) is 0 Å². The lowest BCUT2D eigenvalue weighted by Gasteiger charge is -2.31. The Morgan fingerprint density at radius 2 is 1.88 bits per heavy atom. The second-order valence-electron chi connectivity index (χ2n) is 5.48. The maximum Gasteiger partial charge on any atom is 0.330 e. The number of quaternary nitrogens is 1. The van der Waals surface area contributed by atoms with Gasteiger partial charge in [0.2, 0.25) is 0 Å². The van der Waals surface area contributed by atoms with Gasteiger partial charge in [0, 0.05) is 6.08 Å². The van der Waals surface area contributed by atoms with Crippen molar-refractivity contribution in [1.82, 2.24) is 0 Å². The number of carbonyl (C=O) groups excluding carboxylic acids is 1. The quantitative estimate of drug-likeness (QED) is 0.283. The van der Waals surface area contributed by atoms with E-state index in [1.807, 2.05) is 6.92 Å². The summed E-state index contributed by atoms with van der Waals surface area (Å²) >= 11 is 0. The highest BCUT2D eigenvalue weighted by atomic mass is 16.5. The zero-order chi connectivity index (χ0) is 13.3. The summed E-state index contributed by atoms with van der Waals surface area (Å²) in [4.78, 5) is 11.0. The van der Waals surface area contributed by atoms with Crippen LogP contribution in [-0.2, 0) is 9.53 Å². The molecule has 0 aliphatic heterocycles. The Hall–Kier alpha value is -0.830. The molecule has 0 saturated heterocycles. The van der Waals surface area contributed by atoms with Gasteiger partial charge in [-0.15, -0.1) is 0 Å². The van der Waals surface area contributed by atoms with E-state index >= 15 is 0 Å². The molecule has 0 aromatic carbocycles. The molecular formula is C14H28NO2+. The molecule has 0 saturated carbocycles. The first-order valence-electron chi connectivity index (χ1n) is 6.48. The fourth-order valence-corrected chi connectivity index (χ4v) is 1.46. The Morgan fingerprint density at radius 1 is 1.24 bits per heavy atom. The Balaban J connectivity index is 3.45. The molecule has 0 rings (SSSR count). The van der Waals surface area contributed by atoms with Crippen molar-refractivity contribution in [3.05, 3.63) is 12.2 Å². The van der Waals surface area contributed by atoms with Gasteiger partial charge in [0.15, 0.2) is 0 Å². The number of allylic oxidation sites excluding steroid dienone is 1. The number of rotatable bonds is 8. The molecule has 17 heavy (non-hydrogen) atoms. The van der Waals surface area contributed by atoms with Crippen molar-refractivity contribution in [2.24, 2.45) is 0 Å². The number of hydrogen-bond donors (Lipinski definition) is 0. The van der Waals surface area contributed by atoms with Crippen molar-refractivity contribution < 1.29 is 14.0 Å². The van der Waals surface area contributed by atoms with Crippen LogP contribution in [0.5, 0.6) is 0 Å². The van der Waals surface area contributed by atoms with Gasteiger partial charge in [0.25, 0.3) is 0 Å². The fourth-order valence-electron chi connectivity index (χ4n) is 1.46. The van der Waals surface area contributed by atoms with Gasteiger partial charge in [0.05, 0.1) is 33.8 Å². The molecule has 0 fully saturated rings. The SMILES string of the molecule is CC=CC(=O)OCCCCCC(C)[N+](C)(C)C. The summed E-state index contributed by atoms with van der Waals surface area (Å²) < 4.78 is 6.04. The number of unbranched alkanes of at least 4 members (excludes halogenated alkanes) is 2. The van der Waals surface area contributed by atoms with Crippen LogP contribution in [0.4, 0.5) is 0 Å². The second kappa shape index (κ2) is 8.29. The van der Waals surface area contributed by atoms with Gasteiger partial charge in [0.1, 0.15) is 0 Å². The number of esters is 1. The van der Waals surface area contributed by atoms with E-state index in [0.717, 1.165) is 17.3 Å². The normalized spacial score (nSPS) is 13.9. The molecule has 0 aliphatic carbocycles. The molecule has 1 atom stereocenters. The number of hydrogen-bond acceptors (Lipinski definition) is 2. The fraction of sp³-hybridized carbons (Fsp3) is 0.786. The maximum atomic E-state index is 11.0. The standard InChI is InChI=1S/C14H28NO2/c1-6-10-14(16)17-12-9-7-8-11-13(2)15(3,4)5/h6,10,13H,7-9,11-12H2,1-5H3/q+1. The monoisotopic (exact) mass is 242 g/mol. The van der Waals surface area contributed by atoms with Gasteiger partial charge < -0.3 is 9.22 Å². The third-order valence-corrected chi connectivity index (χ3v) is 3.14. The summed E-state index contributed by atoms with van der Waals surface area (Å²) in [6, 6.07) is 0.681. The van der Waals surface area contributed by atoms with Gasteiger partial charge in [-0.2, -0.15) is 0 Å². The van der Waals surface area contributed by atoms with E-state index in [1.165, 1.54) is 18.9 Å². The molecule has 0 radical (unpaired) electrons. The average molecular weight is 242 g/mol. The molecule has 0 aromatic heterocycles. The van der Waals surface area contributed by atoms with Crippen LogP contribution in [0.25, 0.3) is 0 Å². The van der Waals surface area contributed by atoms with Gasteiger partial charge >= 0.3 is 5.97 Å². The molecule has 1 unspecified atom stereocenters. The van der Waals surface area contributed by atoms with Crippen LogP contribution in [0.2, 0.25) is 0 Å². The van der Waals surface area contributed by atoms with E-state index in [-0.39, 0.29) is 5.97 Å². The molecule has 0 spiro atoms. The predicted octanol–water partition coefficient (Wildman–Crippen LogP) is 2.76. The Bertz CT molecular complexity index is 241. The molecule has 100 valence electrons. The highest BCUT2D eigenvalue weighted by molar-refractivity contribution is 5.81. The molecule has 0 bridgehead atoms. The molecule has 0 aliphatic rings. The molecular weight excluding hydrogens is 214 g/mol. The average Bonchev–Trinajstić information content (AvgIpc) is 2.21. The Morgan fingerprint density at radius 3 is 2.41 bits per heavy atom. The molecule has 0 heterocycles. The third kappa shape index (κ3) is 8.93. The van der Waals surface area contributed by atoms with E-state index in [1.54, 1.807) is 6.08 Å². The summed E-state index contributed by atoms with van der Waals surface area (Å²) in [6.07, 6.45) is 7.69. The topological polar surface area (TPSA) is 26.3 Å². The summed E-state index contributed by atoms with van der Waals surface area (Å²) in [5.74, 6) is -0.229. The molecule has 0 amide bonds. The summed E-state index contributed by atoms with van der Waals surface area (Å²) in [5.41, 5.74) is 0. The first-order valence-corrected chi connectivity index (χ1v) is 6.48. The van der Waals surface area contributed by atoms with Crippen LogP contribution in [-0.4, -0.2) is 44.2 Å². The number of ether oxygens (including phenoxy) is 1. The zero-order valence-electron chi connectivity index (χ0n) is 12.0. The van der Waals surface area contributed by atoms with Crippen molar-refractivity contribution in [3.8, 4) is 0 Å². The second-order valence-corrected chi connectivity index (χ2v) is 5.48. The van der Waals surface area contributed by atoms with E-state index in [4.69, 9.17) is 4.74 Å². The smallest absolute Gasteiger partial charge is 0.330 e. The molecule has 3 nitrogen and oxygen atoms in total. The minimum atomic E-state index is -0.229. The lowest BCUT2D eigenvalue weighted by molar-refractivity contribution is -0.894. The van der Waals surface area contributed by atoms with Crippen LogP contribution < -0.4 is 0 Å². The highest BCUT2D eigenvalue weighted by Crippen LogP contribution is 2.11. The zero-order valence-corrected chi connectivity index (χ0v) is 12.0. The van der Waals surface area contributed by atoms with E-state index in [0.29, 0.717) is 12.6 Å². The van der Waals surface area contributed by atoms with E-state index < -0.39 is 0 Å². The van der Waals surface area contributed by atoms with Crippen LogP contribution in [0, 0.1) is 0 Å². The van der Waals surface area contributed by atoms with Gasteiger partial charge in [-0.1, -0.05) is 6.08 Å². The Labute approximate surface area is 106 Å². The number of nitrogens with zero attached hydrogens (tertiary/aromatic N) is 1. The minimum Gasteiger partial charge on any atom is -0.463 e. The minimum absolute atomic E-state index is 0.229. The van der Waals surface area contributed by atoms with Gasteiger partial charge in [-0.25, -0.2) is 4.79 Å². The van der Waals surface area contributed by atoms with Gasteiger partial charge in [-0.3, -0.25) is 0 Å². The van der Waals surface area contributed by atoms with Crippen LogP contribution in [0.1, 0.15) is 39.5 Å². The molecule has 0 aromatic rings. The van der Waals surface area contributed by atoms with Crippen molar-refractivity contribution in [3.63, 3.8) is 0 Å². The van der Waals surface area contributed by atoms with Crippen LogP contribution >= 0.6 is 0 Å².